The Morgan fingerprint density at radius 2 is 1.93 bits per heavy atom. The number of hydrogen-bond donors (Lipinski definition) is 3. The number of carboxylic acid groups (broad SMARTS) is 1. The minimum atomic E-state index is -4.77. The van der Waals surface area contributed by atoms with Gasteiger partial charge in [0, 0.05) is 35.8 Å². The zero-order valence-electron chi connectivity index (χ0n) is 22.4. The van der Waals surface area contributed by atoms with Gasteiger partial charge >= 0.3 is 12.1 Å². The molecule has 3 aromatic rings. The molecule has 1 aromatic heterocycles. The molecule has 0 saturated carbocycles. The first-order valence-corrected chi connectivity index (χ1v) is 13.8. The number of halogens is 4. The van der Waals surface area contributed by atoms with Gasteiger partial charge in [0.05, 0.1) is 0 Å². The highest BCUT2D eigenvalue weighted by atomic mass is 35.5. The highest BCUT2D eigenvalue weighted by Gasteiger charge is 2.50. The summed E-state index contributed by atoms with van der Waals surface area (Å²) in [5.74, 6) is -0.998. The average Bonchev–Trinajstić information content (AvgIpc) is 3.29. The normalized spacial score (nSPS) is 21.1. The lowest BCUT2D eigenvalue weighted by molar-refractivity contribution is -0.198. The summed E-state index contributed by atoms with van der Waals surface area (Å²) in [6.07, 6.45) is -4.34. The molecule has 2 unspecified atom stereocenters. The van der Waals surface area contributed by atoms with E-state index in [0.717, 1.165) is 6.42 Å². The fourth-order valence-corrected chi connectivity index (χ4v) is 6.39. The van der Waals surface area contributed by atoms with Gasteiger partial charge < -0.3 is 25.8 Å². The molecule has 12 heteroatoms. The van der Waals surface area contributed by atoms with Crippen LogP contribution in [-0.4, -0.2) is 52.4 Å². The van der Waals surface area contributed by atoms with Gasteiger partial charge in [0.1, 0.15) is 11.9 Å². The molecule has 8 nitrogen and oxygen atoms in total. The van der Waals surface area contributed by atoms with E-state index < -0.39 is 24.3 Å². The number of anilines is 2. The number of aromatic nitrogens is 2. The molecule has 2 aliphatic rings. The van der Waals surface area contributed by atoms with Crippen molar-refractivity contribution in [2.75, 3.05) is 23.7 Å². The third-order valence-electron chi connectivity index (χ3n) is 8.16. The fraction of sp³-hybridized carbons (Fsp3) is 0.414. The van der Waals surface area contributed by atoms with Gasteiger partial charge in [-0.2, -0.15) is 23.1 Å². The number of hydrogen-bond acceptors (Lipinski definition) is 7. The van der Waals surface area contributed by atoms with Crippen LogP contribution in [0.2, 0.25) is 5.02 Å². The zero-order chi connectivity index (χ0) is 29.4. The Kier molecular flexibility index (Phi) is 8.02. The summed E-state index contributed by atoms with van der Waals surface area (Å²) in [4.78, 5) is 21.8. The molecule has 4 N–H and O–H groups in total. The molecule has 3 atom stereocenters. The first-order chi connectivity index (χ1) is 19.5. The second-order valence-electron chi connectivity index (χ2n) is 10.6. The van der Waals surface area contributed by atoms with Crippen LogP contribution in [-0.2, 0) is 4.79 Å². The molecule has 5 rings (SSSR count). The Balaban J connectivity index is 1.40. The van der Waals surface area contributed by atoms with E-state index in [1.54, 1.807) is 36.4 Å². The quantitative estimate of drug-likeness (QED) is 0.313. The van der Waals surface area contributed by atoms with E-state index in [0.29, 0.717) is 54.3 Å². The Hall–Kier alpha value is -3.57. The van der Waals surface area contributed by atoms with Crippen molar-refractivity contribution in [2.45, 2.75) is 57.0 Å². The molecule has 0 aliphatic carbocycles. The Morgan fingerprint density at radius 3 is 2.59 bits per heavy atom. The van der Waals surface area contributed by atoms with E-state index in [1.807, 2.05) is 11.8 Å². The van der Waals surface area contributed by atoms with Crippen molar-refractivity contribution in [1.82, 2.24) is 15.3 Å². The number of nitrogens with two attached hydrogens (primary N) is 1. The molecular formula is C29H31ClF3N5O3. The standard InChI is InChI=1S/C29H31ClF3N5O3/c1-2-22-28(16-21(35-22)26(39)40)10-12-38(13-11-28)23-15-24(37-27(34)36-23)41-25(29(31,32)33)20-9-4-3-8-19(20)17-6-5-7-18(30)14-17/h3-9,14-15,21-22,25,35H,2,10-13,16H2,1H3,(H,39,40)(H2,34,36,37)/t21?,22?,25-/m1/s1. The van der Waals surface area contributed by atoms with Crippen molar-refractivity contribution in [2.24, 2.45) is 5.41 Å². The van der Waals surface area contributed by atoms with E-state index in [4.69, 9.17) is 22.1 Å². The van der Waals surface area contributed by atoms with Crippen molar-refractivity contribution in [3.05, 3.63) is 65.2 Å². The fourth-order valence-electron chi connectivity index (χ4n) is 6.20. The minimum Gasteiger partial charge on any atom is -0.480 e. The van der Waals surface area contributed by atoms with Crippen LogP contribution in [0.15, 0.2) is 54.6 Å². The lowest BCUT2D eigenvalue weighted by Gasteiger charge is -2.43. The number of ether oxygens (including phenoxy) is 1. The smallest absolute Gasteiger partial charge is 0.429 e. The first kappa shape index (κ1) is 28.9. The molecule has 2 saturated heterocycles. The molecule has 0 radical (unpaired) electrons. The molecular weight excluding hydrogens is 559 g/mol. The highest BCUT2D eigenvalue weighted by Crippen LogP contribution is 2.46. The molecule has 0 bridgehead atoms. The molecule has 218 valence electrons. The van der Waals surface area contributed by atoms with E-state index in [-0.39, 0.29) is 28.8 Å². The summed E-state index contributed by atoms with van der Waals surface area (Å²) in [7, 11) is 0. The van der Waals surface area contributed by atoms with Crippen LogP contribution in [0.1, 0.15) is 44.3 Å². The number of carbonyl (C=O) groups is 1. The van der Waals surface area contributed by atoms with Crippen molar-refractivity contribution < 1.29 is 27.8 Å². The second kappa shape index (κ2) is 11.4. The van der Waals surface area contributed by atoms with E-state index in [1.165, 1.54) is 18.2 Å². The van der Waals surface area contributed by atoms with Crippen molar-refractivity contribution >= 4 is 29.3 Å². The van der Waals surface area contributed by atoms with Gasteiger partial charge in [-0.1, -0.05) is 54.9 Å². The number of rotatable bonds is 7. The van der Waals surface area contributed by atoms with Gasteiger partial charge in [-0.15, -0.1) is 0 Å². The number of aliphatic carboxylic acids is 1. The maximum absolute atomic E-state index is 14.5. The molecule has 2 fully saturated rings. The van der Waals surface area contributed by atoms with Gasteiger partial charge in [-0.3, -0.25) is 4.79 Å². The molecule has 1 spiro atoms. The zero-order valence-corrected chi connectivity index (χ0v) is 23.1. The van der Waals surface area contributed by atoms with Crippen LogP contribution in [0.4, 0.5) is 24.9 Å². The summed E-state index contributed by atoms with van der Waals surface area (Å²) in [6, 6.07) is 13.6. The second-order valence-corrected chi connectivity index (χ2v) is 11.1. The monoisotopic (exact) mass is 589 g/mol. The minimum absolute atomic E-state index is 0.0761. The maximum atomic E-state index is 14.5. The number of nitrogen functional groups attached to an aromatic ring is 1. The van der Waals surface area contributed by atoms with Gasteiger partial charge in [0.2, 0.25) is 17.9 Å². The van der Waals surface area contributed by atoms with Gasteiger partial charge in [0.25, 0.3) is 0 Å². The number of alkyl halides is 3. The molecule has 0 amide bonds. The summed E-state index contributed by atoms with van der Waals surface area (Å²) in [5.41, 5.74) is 6.53. The number of nitrogens with one attached hydrogen (secondary N) is 1. The summed E-state index contributed by atoms with van der Waals surface area (Å²) < 4.78 is 48.9. The molecule has 2 aromatic carbocycles. The topological polar surface area (TPSA) is 114 Å². The van der Waals surface area contributed by atoms with Crippen LogP contribution < -0.4 is 20.7 Å². The van der Waals surface area contributed by atoms with Crippen molar-refractivity contribution in [3.8, 4) is 17.0 Å². The summed E-state index contributed by atoms with van der Waals surface area (Å²) >= 11 is 6.11. The van der Waals surface area contributed by atoms with Crippen LogP contribution in [0.3, 0.4) is 0 Å². The third-order valence-corrected chi connectivity index (χ3v) is 8.40. The SMILES string of the molecule is CCC1NC(C(=O)O)CC12CCN(c1cc(O[C@H](c3ccccc3-c3cccc(Cl)c3)C(F)(F)F)nc(N)n1)CC2. The third kappa shape index (κ3) is 6.06. The number of piperidine rings is 1. The van der Waals surface area contributed by atoms with Crippen LogP contribution in [0.5, 0.6) is 5.88 Å². The van der Waals surface area contributed by atoms with Crippen molar-refractivity contribution in [3.63, 3.8) is 0 Å². The molecule has 3 heterocycles. The first-order valence-electron chi connectivity index (χ1n) is 13.5. The van der Waals surface area contributed by atoms with Crippen LogP contribution in [0.25, 0.3) is 11.1 Å². The van der Waals surface area contributed by atoms with Gasteiger partial charge in [-0.05, 0) is 54.4 Å². The Morgan fingerprint density at radius 1 is 1.20 bits per heavy atom. The van der Waals surface area contributed by atoms with Crippen LogP contribution >= 0.6 is 11.6 Å². The van der Waals surface area contributed by atoms with Crippen molar-refractivity contribution in [1.29, 1.82) is 0 Å². The average molecular weight is 590 g/mol. The van der Waals surface area contributed by atoms with Crippen LogP contribution in [0, 0.1) is 5.41 Å². The Bertz CT molecular complexity index is 1410. The lowest BCUT2D eigenvalue weighted by Crippen LogP contribution is -2.46. The predicted octanol–water partition coefficient (Wildman–Crippen LogP) is 5.87. The largest absolute Gasteiger partial charge is 0.480 e. The lowest BCUT2D eigenvalue weighted by atomic mass is 9.71. The number of benzene rings is 2. The molecule has 2 aliphatic heterocycles. The van der Waals surface area contributed by atoms with E-state index in [2.05, 4.69) is 15.3 Å². The number of nitrogens with zero attached hydrogens (tertiary/aromatic N) is 3. The van der Waals surface area contributed by atoms with Gasteiger partial charge in [-0.25, -0.2) is 0 Å². The van der Waals surface area contributed by atoms with E-state index >= 15 is 0 Å². The van der Waals surface area contributed by atoms with E-state index in [9.17, 15) is 23.1 Å². The number of carboxylic acids is 1. The summed E-state index contributed by atoms with van der Waals surface area (Å²) in [6.45, 7) is 3.12. The maximum Gasteiger partial charge on any atom is 0.429 e. The Labute approximate surface area is 240 Å². The summed E-state index contributed by atoms with van der Waals surface area (Å²) in [5, 5.41) is 13.2. The highest BCUT2D eigenvalue weighted by molar-refractivity contribution is 6.30. The van der Waals surface area contributed by atoms with Gasteiger partial charge in [0.15, 0.2) is 0 Å². The predicted molar refractivity (Wildman–Crippen MR) is 150 cm³/mol. The molecule has 41 heavy (non-hydrogen) atoms.